The molecule has 1 unspecified atom stereocenters. The van der Waals surface area contributed by atoms with E-state index in [1.165, 1.54) is 0 Å². The number of hydrogen-bond acceptors (Lipinski definition) is 4. The Kier molecular flexibility index (Phi) is 7.11. The van der Waals surface area contributed by atoms with Gasteiger partial charge in [-0.25, -0.2) is 4.79 Å². The van der Waals surface area contributed by atoms with Crippen molar-refractivity contribution in [1.82, 2.24) is 5.32 Å². The van der Waals surface area contributed by atoms with Crippen LogP contribution in [0.3, 0.4) is 0 Å². The highest BCUT2D eigenvalue weighted by Gasteiger charge is 2.23. The molecule has 0 bridgehead atoms. The second-order valence-electron chi connectivity index (χ2n) is 4.48. The van der Waals surface area contributed by atoms with E-state index in [1.807, 2.05) is 36.6 Å². The molecular weight excluding hydrogens is 276 g/mol. The number of aliphatic carboxylic acids is 1. The summed E-state index contributed by atoms with van der Waals surface area (Å²) in [6.07, 6.45) is 2.71. The topological polar surface area (TPSA) is 92.4 Å². The number of rotatable bonds is 8. The largest absolute Gasteiger partial charge is 0.480 e. The Morgan fingerprint density at radius 3 is 2.55 bits per heavy atom. The third-order valence-corrected chi connectivity index (χ3v) is 3.51. The minimum Gasteiger partial charge on any atom is -0.480 e. The molecule has 0 radical (unpaired) electrons. The van der Waals surface area contributed by atoms with Gasteiger partial charge in [0.25, 0.3) is 0 Å². The van der Waals surface area contributed by atoms with Gasteiger partial charge in [-0.2, -0.15) is 11.8 Å². The molecule has 6 heteroatoms. The van der Waals surface area contributed by atoms with Crippen LogP contribution in [0.4, 0.5) is 0 Å². The third-order valence-electron chi connectivity index (χ3n) is 2.87. The number of carboxylic acids is 1. The molecule has 1 rings (SSSR count). The lowest BCUT2D eigenvalue weighted by Crippen LogP contribution is -2.49. The molecule has 0 saturated carbocycles. The number of nitrogens with two attached hydrogens (primary N) is 1. The molecule has 0 spiro atoms. The standard InChI is InChI=1S/C14H20N2O3S/c1-20-8-7-11(15)13(17)16-12(14(18)19)9-10-5-3-2-4-6-10/h2-6,11-12H,7-9,15H2,1H3,(H,16,17)(H,18,19)/t11?,12-/m0/s1. The number of benzene rings is 1. The lowest BCUT2D eigenvalue weighted by Gasteiger charge is -2.17. The van der Waals surface area contributed by atoms with Crippen molar-refractivity contribution >= 4 is 23.6 Å². The Morgan fingerprint density at radius 1 is 1.35 bits per heavy atom. The van der Waals surface area contributed by atoms with Crippen LogP contribution in [0.25, 0.3) is 0 Å². The second kappa shape index (κ2) is 8.60. The van der Waals surface area contributed by atoms with Crippen molar-refractivity contribution in [1.29, 1.82) is 0 Å². The molecule has 1 aromatic rings. The summed E-state index contributed by atoms with van der Waals surface area (Å²) >= 11 is 1.60. The first-order chi connectivity index (χ1) is 9.54. The Hall–Kier alpha value is -1.53. The van der Waals surface area contributed by atoms with Crippen LogP contribution in [0.1, 0.15) is 12.0 Å². The SMILES string of the molecule is CSCCC(N)C(=O)N[C@@H](Cc1ccccc1)C(=O)O. The number of nitrogens with one attached hydrogen (secondary N) is 1. The highest BCUT2D eigenvalue weighted by molar-refractivity contribution is 7.98. The van der Waals surface area contributed by atoms with Crippen molar-refractivity contribution in [3.63, 3.8) is 0 Å². The summed E-state index contributed by atoms with van der Waals surface area (Å²) in [6, 6.07) is 7.56. The quantitative estimate of drug-likeness (QED) is 0.662. The van der Waals surface area contributed by atoms with Gasteiger partial charge >= 0.3 is 5.97 Å². The zero-order chi connectivity index (χ0) is 15.0. The Labute approximate surface area is 122 Å². The highest BCUT2D eigenvalue weighted by atomic mass is 32.2. The van der Waals surface area contributed by atoms with Crippen molar-refractivity contribution in [3.8, 4) is 0 Å². The van der Waals surface area contributed by atoms with Crippen molar-refractivity contribution in [3.05, 3.63) is 35.9 Å². The van der Waals surface area contributed by atoms with E-state index in [0.29, 0.717) is 6.42 Å². The van der Waals surface area contributed by atoms with Gasteiger partial charge in [0.2, 0.25) is 5.91 Å². The molecule has 20 heavy (non-hydrogen) atoms. The zero-order valence-electron chi connectivity index (χ0n) is 11.4. The van der Waals surface area contributed by atoms with Crippen molar-refractivity contribution < 1.29 is 14.7 Å². The van der Waals surface area contributed by atoms with Crippen LogP contribution in [-0.2, 0) is 16.0 Å². The molecule has 0 fully saturated rings. The van der Waals surface area contributed by atoms with E-state index < -0.39 is 24.0 Å². The Morgan fingerprint density at radius 2 is 2.00 bits per heavy atom. The molecular formula is C14H20N2O3S. The van der Waals surface area contributed by atoms with Crippen LogP contribution >= 0.6 is 11.8 Å². The second-order valence-corrected chi connectivity index (χ2v) is 5.46. The van der Waals surface area contributed by atoms with Gasteiger partial charge < -0.3 is 16.2 Å². The van der Waals surface area contributed by atoms with E-state index in [0.717, 1.165) is 11.3 Å². The monoisotopic (exact) mass is 296 g/mol. The highest BCUT2D eigenvalue weighted by Crippen LogP contribution is 2.05. The first-order valence-electron chi connectivity index (χ1n) is 6.36. The van der Waals surface area contributed by atoms with Gasteiger partial charge in [0.05, 0.1) is 6.04 Å². The molecule has 1 aromatic carbocycles. The van der Waals surface area contributed by atoms with Gasteiger partial charge in [-0.3, -0.25) is 4.79 Å². The fourth-order valence-electron chi connectivity index (χ4n) is 1.70. The fourth-order valence-corrected chi connectivity index (χ4v) is 2.19. The molecule has 0 heterocycles. The first kappa shape index (κ1) is 16.5. The van der Waals surface area contributed by atoms with Crippen LogP contribution in [0.15, 0.2) is 30.3 Å². The number of carbonyl (C=O) groups excluding carboxylic acids is 1. The number of thioether (sulfide) groups is 1. The van der Waals surface area contributed by atoms with Gasteiger partial charge in [0.1, 0.15) is 6.04 Å². The van der Waals surface area contributed by atoms with Crippen LogP contribution in [0, 0.1) is 0 Å². The summed E-state index contributed by atoms with van der Waals surface area (Å²) in [4.78, 5) is 23.1. The third kappa shape index (κ3) is 5.63. The smallest absolute Gasteiger partial charge is 0.326 e. The average molecular weight is 296 g/mol. The average Bonchev–Trinajstić information content (AvgIpc) is 2.44. The predicted molar refractivity (Wildman–Crippen MR) is 80.7 cm³/mol. The molecule has 110 valence electrons. The molecule has 5 nitrogen and oxygen atoms in total. The zero-order valence-corrected chi connectivity index (χ0v) is 12.2. The van der Waals surface area contributed by atoms with Crippen LogP contribution < -0.4 is 11.1 Å². The predicted octanol–water partition coefficient (Wildman–Crippen LogP) is 0.879. The summed E-state index contributed by atoms with van der Waals surface area (Å²) in [5.41, 5.74) is 6.59. The van der Waals surface area contributed by atoms with Crippen molar-refractivity contribution in [2.24, 2.45) is 5.73 Å². The maximum atomic E-state index is 11.8. The summed E-state index contributed by atoms with van der Waals surface area (Å²) < 4.78 is 0. The number of hydrogen-bond donors (Lipinski definition) is 3. The summed E-state index contributed by atoms with van der Waals surface area (Å²) in [5, 5.41) is 11.7. The van der Waals surface area contributed by atoms with E-state index in [1.54, 1.807) is 11.8 Å². The fraction of sp³-hybridized carbons (Fsp3) is 0.429. The van der Waals surface area contributed by atoms with E-state index in [4.69, 9.17) is 5.73 Å². The van der Waals surface area contributed by atoms with Crippen LogP contribution in [0.5, 0.6) is 0 Å². The molecule has 0 aliphatic carbocycles. The maximum Gasteiger partial charge on any atom is 0.326 e. The van der Waals surface area contributed by atoms with Gasteiger partial charge in [0, 0.05) is 6.42 Å². The van der Waals surface area contributed by atoms with Gasteiger partial charge in [-0.1, -0.05) is 30.3 Å². The van der Waals surface area contributed by atoms with Crippen molar-refractivity contribution in [2.45, 2.75) is 24.9 Å². The first-order valence-corrected chi connectivity index (χ1v) is 7.75. The molecule has 1 amide bonds. The van der Waals surface area contributed by atoms with E-state index in [9.17, 15) is 14.7 Å². The summed E-state index contributed by atoms with van der Waals surface area (Å²) in [5.74, 6) is -0.702. The molecule has 2 atom stereocenters. The van der Waals surface area contributed by atoms with E-state index >= 15 is 0 Å². The minimum atomic E-state index is -1.06. The van der Waals surface area contributed by atoms with Gasteiger partial charge in [-0.15, -0.1) is 0 Å². The van der Waals surface area contributed by atoms with E-state index in [-0.39, 0.29) is 6.42 Å². The van der Waals surface area contributed by atoms with E-state index in [2.05, 4.69) is 5.32 Å². The maximum absolute atomic E-state index is 11.8. The summed E-state index contributed by atoms with van der Waals surface area (Å²) in [6.45, 7) is 0. The molecule has 4 N–H and O–H groups in total. The van der Waals surface area contributed by atoms with Crippen LogP contribution in [-0.4, -0.2) is 41.1 Å². The number of carboxylic acid groups (broad SMARTS) is 1. The van der Waals surface area contributed by atoms with Crippen LogP contribution in [0.2, 0.25) is 0 Å². The lowest BCUT2D eigenvalue weighted by atomic mass is 10.1. The Balaban J connectivity index is 2.59. The minimum absolute atomic E-state index is 0.247. The lowest BCUT2D eigenvalue weighted by molar-refractivity contribution is -0.142. The number of carbonyl (C=O) groups is 2. The van der Waals surface area contributed by atoms with Gasteiger partial charge in [-0.05, 0) is 24.0 Å². The molecule has 0 saturated heterocycles. The Bertz CT molecular complexity index is 439. The number of amides is 1. The molecule has 0 aromatic heterocycles. The normalized spacial score (nSPS) is 13.5. The van der Waals surface area contributed by atoms with Crippen molar-refractivity contribution in [2.75, 3.05) is 12.0 Å². The van der Waals surface area contributed by atoms with Gasteiger partial charge in [0.15, 0.2) is 0 Å². The molecule has 0 aliphatic heterocycles. The summed E-state index contributed by atoms with van der Waals surface area (Å²) in [7, 11) is 0. The molecule has 0 aliphatic rings.